The molecule has 6 heteroatoms. The van der Waals surface area contributed by atoms with E-state index >= 15 is 0 Å². The van der Waals surface area contributed by atoms with Crippen LogP contribution in [0.4, 0.5) is 0 Å². The highest BCUT2D eigenvalue weighted by atomic mass is 16.7. The Kier molecular flexibility index (Phi) is 9.15. The molecule has 0 unspecified atom stereocenters. The molecule has 0 aliphatic carbocycles. The van der Waals surface area contributed by atoms with E-state index in [1.807, 2.05) is 34.6 Å². The van der Waals surface area contributed by atoms with E-state index in [1.54, 1.807) is 0 Å². The van der Waals surface area contributed by atoms with Crippen molar-refractivity contribution in [2.75, 3.05) is 26.4 Å². The molecule has 1 aromatic rings. The lowest BCUT2D eigenvalue weighted by Crippen LogP contribution is -2.17. The van der Waals surface area contributed by atoms with Gasteiger partial charge in [0.1, 0.15) is 5.69 Å². The molecule has 0 aliphatic rings. The fraction of sp³-hybridized carbons (Fsp3) is 0.750. The van der Waals surface area contributed by atoms with Crippen LogP contribution in [0.5, 0.6) is 0 Å². The Hall–Kier alpha value is -1.08. The first-order valence-electron chi connectivity index (χ1n) is 7.92. The maximum Gasteiger partial charge on any atom is 0.202 e. The first-order chi connectivity index (χ1) is 10.7. The minimum absolute atomic E-state index is 0.407. The maximum absolute atomic E-state index is 5.63. The number of ether oxygens (including phenoxy) is 4. The summed E-state index contributed by atoms with van der Waals surface area (Å²) in [6, 6.07) is 0. The lowest BCUT2D eigenvalue weighted by atomic mass is 10.2. The molecule has 6 nitrogen and oxygen atoms in total. The predicted molar refractivity (Wildman–Crippen MR) is 83.4 cm³/mol. The molecule has 1 rings (SSSR count). The molecule has 0 spiro atoms. The van der Waals surface area contributed by atoms with Gasteiger partial charge in [0.25, 0.3) is 0 Å². The Morgan fingerprint density at radius 2 is 1.27 bits per heavy atom. The third-order valence-electron chi connectivity index (χ3n) is 3.01. The average molecular weight is 312 g/mol. The van der Waals surface area contributed by atoms with E-state index < -0.39 is 6.29 Å². The fourth-order valence-electron chi connectivity index (χ4n) is 1.98. The zero-order valence-corrected chi connectivity index (χ0v) is 14.3. The second kappa shape index (κ2) is 10.6. The van der Waals surface area contributed by atoms with Gasteiger partial charge in [-0.15, -0.1) is 0 Å². The normalized spacial score (nSPS) is 11.4. The molecule has 0 amide bonds. The van der Waals surface area contributed by atoms with Gasteiger partial charge in [-0.1, -0.05) is 0 Å². The summed E-state index contributed by atoms with van der Waals surface area (Å²) in [5.41, 5.74) is 3.09. The standard InChI is InChI=1S/C16H28N2O4/c1-6-19-10-13-14(11-20-7-2)18-15(12(5)17-13)16(21-8-3)22-9-4/h16H,6-11H2,1-5H3. The summed E-state index contributed by atoms with van der Waals surface area (Å²) < 4.78 is 22.2. The number of hydrogen-bond donors (Lipinski definition) is 0. The van der Waals surface area contributed by atoms with Gasteiger partial charge >= 0.3 is 0 Å². The first kappa shape index (κ1) is 19.0. The van der Waals surface area contributed by atoms with E-state index in [9.17, 15) is 0 Å². The molecule has 1 heterocycles. The van der Waals surface area contributed by atoms with Gasteiger partial charge in [0, 0.05) is 26.4 Å². The van der Waals surface area contributed by atoms with Crippen molar-refractivity contribution in [2.24, 2.45) is 0 Å². The highest BCUT2D eigenvalue weighted by Gasteiger charge is 2.20. The Labute approximate surface area is 133 Å². The van der Waals surface area contributed by atoms with E-state index in [-0.39, 0.29) is 0 Å². The molecule has 22 heavy (non-hydrogen) atoms. The van der Waals surface area contributed by atoms with Crippen molar-refractivity contribution in [1.82, 2.24) is 9.97 Å². The minimum Gasteiger partial charge on any atom is -0.375 e. The van der Waals surface area contributed by atoms with E-state index in [0.717, 1.165) is 17.1 Å². The largest absolute Gasteiger partial charge is 0.375 e. The van der Waals surface area contributed by atoms with Crippen LogP contribution in [-0.4, -0.2) is 36.4 Å². The van der Waals surface area contributed by atoms with E-state index in [2.05, 4.69) is 9.97 Å². The van der Waals surface area contributed by atoms with Crippen molar-refractivity contribution in [3.05, 3.63) is 22.8 Å². The molecule has 0 saturated heterocycles. The molecular formula is C16H28N2O4. The van der Waals surface area contributed by atoms with Crippen LogP contribution in [0.15, 0.2) is 0 Å². The number of rotatable bonds is 11. The van der Waals surface area contributed by atoms with Crippen molar-refractivity contribution >= 4 is 0 Å². The van der Waals surface area contributed by atoms with Gasteiger partial charge in [0.05, 0.1) is 30.3 Å². The fourth-order valence-corrected chi connectivity index (χ4v) is 1.98. The van der Waals surface area contributed by atoms with E-state index in [0.29, 0.717) is 45.3 Å². The summed E-state index contributed by atoms with van der Waals surface area (Å²) in [4.78, 5) is 9.30. The van der Waals surface area contributed by atoms with Crippen molar-refractivity contribution < 1.29 is 18.9 Å². The number of aryl methyl sites for hydroxylation is 1. The molecule has 0 N–H and O–H groups in total. The summed E-state index contributed by atoms with van der Waals surface area (Å²) in [6.07, 6.45) is -0.496. The van der Waals surface area contributed by atoms with Crippen molar-refractivity contribution in [3.8, 4) is 0 Å². The second-order valence-electron chi connectivity index (χ2n) is 4.60. The van der Waals surface area contributed by atoms with Crippen molar-refractivity contribution in [1.29, 1.82) is 0 Å². The smallest absolute Gasteiger partial charge is 0.202 e. The van der Waals surface area contributed by atoms with Gasteiger partial charge in [-0.3, -0.25) is 4.98 Å². The average Bonchev–Trinajstić information content (AvgIpc) is 2.51. The summed E-state index contributed by atoms with van der Waals surface area (Å²) >= 11 is 0. The monoisotopic (exact) mass is 312 g/mol. The highest BCUT2D eigenvalue weighted by Crippen LogP contribution is 2.22. The lowest BCUT2D eigenvalue weighted by Gasteiger charge is -2.20. The quantitative estimate of drug-likeness (QED) is 0.585. The molecule has 0 fully saturated rings. The lowest BCUT2D eigenvalue weighted by molar-refractivity contribution is -0.143. The number of aromatic nitrogens is 2. The maximum atomic E-state index is 5.63. The zero-order chi connectivity index (χ0) is 16.4. The van der Waals surface area contributed by atoms with Gasteiger partial charge < -0.3 is 18.9 Å². The molecular weight excluding hydrogens is 284 g/mol. The summed E-state index contributed by atoms with van der Waals surface area (Å²) in [6.45, 7) is 12.9. The predicted octanol–water partition coefficient (Wildman–Crippen LogP) is 2.93. The summed E-state index contributed by atoms with van der Waals surface area (Å²) in [5, 5.41) is 0. The molecule has 0 saturated carbocycles. The van der Waals surface area contributed by atoms with Crippen LogP contribution in [0.2, 0.25) is 0 Å². The van der Waals surface area contributed by atoms with Crippen LogP contribution in [0, 0.1) is 6.92 Å². The second-order valence-corrected chi connectivity index (χ2v) is 4.60. The van der Waals surface area contributed by atoms with E-state index in [1.165, 1.54) is 0 Å². The number of hydrogen-bond acceptors (Lipinski definition) is 6. The van der Waals surface area contributed by atoms with Gasteiger partial charge in [-0.05, 0) is 34.6 Å². The van der Waals surface area contributed by atoms with Crippen LogP contribution in [-0.2, 0) is 32.2 Å². The van der Waals surface area contributed by atoms with E-state index in [4.69, 9.17) is 18.9 Å². The van der Waals surface area contributed by atoms with Crippen LogP contribution < -0.4 is 0 Å². The third-order valence-corrected chi connectivity index (χ3v) is 3.01. The van der Waals surface area contributed by atoms with Crippen LogP contribution >= 0.6 is 0 Å². The molecule has 0 bridgehead atoms. The molecule has 1 aromatic heterocycles. The summed E-state index contributed by atoms with van der Waals surface area (Å²) in [5.74, 6) is 0. The Morgan fingerprint density at radius 1 is 0.773 bits per heavy atom. The topological polar surface area (TPSA) is 62.7 Å². The Bertz CT molecular complexity index is 434. The van der Waals surface area contributed by atoms with Gasteiger partial charge in [0.15, 0.2) is 0 Å². The van der Waals surface area contributed by atoms with Crippen molar-refractivity contribution in [2.45, 2.75) is 54.1 Å². The summed E-state index contributed by atoms with van der Waals surface area (Å²) in [7, 11) is 0. The Balaban J connectivity index is 3.10. The molecule has 0 radical (unpaired) electrons. The highest BCUT2D eigenvalue weighted by molar-refractivity contribution is 5.20. The third kappa shape index (κ3) is 5.61. The molecule has 0 aromatic carbocycles. The molecule has 0 atom stereocenters. The number of nitrogens with zero attached hydrogens (tertiary/aromatic N) is 2. The molecule has 126 valence electrons. The van der Waals surface area contributed by atoms with Crippen molar-refractivity contribution in [3.63, 3.8) is 0 Å². The Morgan fingerprint density at radius 3 is 1.73 bits per heavy atom. The van der Waals surface area contributed by atoms with Gasteiger partial charge in [-0.25, -0.2) is 4.98 Å². The van der Waals surface area contributed by atoms with Crippen LogP contribution in [0.3, 0.4) is 0 Å². The molecule has 0 aliphatic heterocycles. The van der Waals surface area contributed by atoms with Crippen LogP contribution in [0.25, 0.3) is 0 Å². The minimum atomic E-state index is -0.496. The first-order valence-corrected chi connectivity index (χ1v) is 7.92. The SMILES string of the molecule is CCOCc1nc(C)c(C(OCC)OCC)nc1COCC. The van der Waals surface area contributed by atoms with Gasteiger partial charge in [0.2, 0.25) is 6.29 Å². The van der Waals surface area contributed by atoms with Gasteiger partial charge in [-0.2, -0.15) is 0 Å². The zero-order valence-electron chi connectivity index (χ0n) is 14.3. The van der Waals surface area contributed by atoms with Crippen LogP contribution in [0.1, 0.15) is 56.8 Å².